The summed E-state index contributed by atoms with van der Waals surface area (Å²) in [5, 5.41) is 19.6. The number of carboxylic acids is 1. The Morgan fingerprint density at radius 1 is 1.53 bits per heavy atom. The van der Waals surface area contributed by atoms with Crippen molar-refractivity contribution in [3.8, 4) is 0 Å². The van der Waals surface area contributed by atoms with Crippen molar-refractivity contribution in [3.05, 3.63) is 6.33 Å². The predicted molar refractivity (Wildman–Crippen MR) is 71.0 cm³/mol. The number of thioether (sulfide) groups is 1. The van der Waals surface area contributed by atoms with E-state index in [1.807, 2.05) is 18.4 Å². The number of carbonyl (C=O) groups is 2. The molecular formula is C11H18N4O3S. The van der Waals surface area contributed by atoms with E-state index in [0.29, 0.717) is 18.1 Å². The van der Waals surface area contributed by atoms with Gasteiger partial charge in [0.15, 0.2) is 5.16 Å². The van der Waals surface area contributed by atoms with E-state index in [9.17, 15) is 9.59 Å². The van der Waals surface area contributed by atoms with Crippen LogP contribution in [-0.2, 0) is 9.59 Å². The summed E-state index contributed by atoms with van der Waals surface area (Å²) in [6, 6.07) is 0.246. The van der Waals surface area contributed by atoms with Crippen LogP contribution >= 0.6 is 11.8 Å². The molecule has 0 bridgehead atoms. The molecule has 8 heteroatoms. The van der Waals surface area contributed by atoms with Gasteiger partial charge in [0.25, 0.3) is 0 Å². The summed E-state index contributed by atoms with van der Waals surface area (Å²) in [6.45, 7) is 4.40. The first-order chi connectivity index (χ1) is 9.00. The van der Waals surface area contributed by atoms with Crippen molar-refractivity contribution >= 4 is 23.6 Å². The van der Waals surface area contributed by atoms with Crippen LogP contribution in [0.15, 0.2) is 11.5 Å². The van der Waals surface area contributed by atoms with Crippen molar-refractivity contribution in [2.75, 3.05) is 12.3 Å². The first-order valence-corrected chi connectivity index (χ1v) is 7.00. The van der Waals surface area contributed by atoms with Gasteiger partial charge in [-0.15, -0.1) is 10.2 Å². The van der Waals surface area contributed by atoms with Gasteiger partial charge in [0, 0.05) is 19.0 Å². The van der Waals surface area contributed by atoms with Crippen molar-refractivity contribution in [1.82, 2.24) is 20.1 Å². The normalized spacial score (nSPS) is 10.7. The molecule has 0 unspecified atom stereocenters. The number of nitrogens with zero attached hydrogens (tertiary/aromatic N) is 3. The zero-order valence-electron chi connectivity index (χ0n) is 11.0. The van der Waals surface area contributed by atoms with Crippen LogP contribution in [0.5, 0.6) is 0 Å². The monoisotopic (exact) mass is 286 g/mol. The Bertz CT molecular complexity index is 433. The lowest BCUT2D eigenvalue weighted by molar-refractivity contribution is -0.137. The fourth-order valence-corrected chi connectivity index (χ4v) is 2.21. The molecular weight excluding hydrogens is 268 g/mol. The van der Waals surface area contributed by atoms with Crippen LogP contribution in [0.25, 0.3) is 0 Å². The molecule has 106 valence electrons. The molecule has 1 heterocycles. The second-order valence-corrected chi connectivity index (χ2v) is 5.19. The Morgan fingerprint density at radius 2 is 2.26 bits per heavy atom. The fraction of sp³-hybridized carbons (Fsp3) is 0.636. The van der Waals surface area contributed by atoms with Gasteiger partial charge < -0.3 is 15.0 Å². The summed E-state index contributed by atoms with van der Waals surface area (Å²) in [6.07, 6.45) is 2.14. The highest BCUT2D eigenvalue weighted by Crippen LogP contribution is 2.18. The third-order valence-electron chi connectivity index (χ3n) is 2.32. The number of hydrogen-bond acceptors (Lipinski definition) is 5. The van der Waals surface area contributed by atoms with Gasteiger partial charge in [0.2, 0.25) is 5.91 Å². The molecule has 1 amide bonds. The summed E-state index contributed by atoms with van der Waals surface area (Å²) in [5.41, 5.74) is 0. The minimum Gasteiger partial charge on any atom is -0.481 e. The molecule has 1 aromatic rings. The van der Waals surface area contributed by atoms with Gasteiger partial charge in [-0.1, -0.05) is 11.8 Å². The van der Waals surface area contributed by atoms with E-state index >= 15 is 0 Å². The van der Waals surface area contributed by atoms with Gasteiger partial charge >= 0.3 is 5.97 Å². The number of carboxylic acid groups (broad SMARTS) is 1. The molecule has 2 N–H and O–H groups in total. The molecule has 0 saturated carbocycles. The number of amides is 1. The number of aliphatic carboxylic acids is 1. The lowest BCUT2D eigenvalue weighted by atomic mass is 10.3. The zero-order chi connectivity index (χ0) is 14.3. The Morgan fingerprint density at radius 3 is 2.89 bits per heavy atom. The second kappa shape index (κ2) is 7.78. The van der Waals surface area contributed by atoms with Crippen molar-refractivity contribution in [2.24, 2.45) is 0 Å². The molecule has 0 fully saturated rings. The van der Waals surface area contributed by atoms with Crippen molar-refractivity contribution < 1.29 is 14.7 Å². The maximum atomic E-state index is 11.5. The third-order valence-corrected chi connectivity index (χ3v) is 3.28. The van der Waals surface area contributed by atoms with Gasteiger partial charge in [-0.05, 0) is 20.3 Å². The van der Waals surface area contributed by atoms with Crippen molar-refractivity contribution in [3.63, 3.8) is 0 Å². The summed E-state index contributed by atoms with van der Waals surface area (Å²) < 4.78 is 1.89. The third kappa shape index (κ3) is 5.73. The number of carbonyl (C=O) groups excluding carboxylic acids is 1. The van der Waals surface area contributed by atoms with E-state index in [0.717, 1.165) is 0 Å². The van der Waals surface area contributed by atoms with Gasteiger partial charge in [-0.3, -0.25) is 9.59 Å². The maximum absolute atomic E-state index is 11.5. The molecule has 0 saturated heterocycles. The molecule has 0 aromatic carbocycles. The van der Waals surface area contributed by atoms with Crippen molar-refractivity contribution in [1.29, 1.82) is 0 Å². The summed E-state index contributed by atoms with van der Waals surface area (Å²) >= 11 is 1.32. The fourth-order valence-electron chi connectivity index (χ4n) is 1.34. The molecule has 19 heavy (non-hydrogen) atoms. The molecule has 7 nitrogen and oxygen atoms in total. The van der Waals surface area contributed by atoms with Crippen LogP contribution in [0, 0.1) is 0 Å². The SMILES string of the molecule is CC(C)n1cnnc1SCC(=O)NCCCC(=O)O. The van der Waals surface area contributed by atoms with E-state index in [-0.39, 0.29) is 24.1 Å². The number of nitrogens with one attached hydrogen (secondary N) is 1. The Labute approximate surface area is 115 Å². The van der Waals surface area contributed by atoms with Crippen molar-refractivity contribution in [2.45, 2.75) is 37.9 Å². The van der Waals surface area contributed by atoms with Gasteiger partial charge in [-0.2, -0.15) is 0 Å². The number of aromatic nitrogens is 3. The largest absolute Gasteiger partial charge is 0.481 e. The first-order valence-electron chi connectivity index (χ1n) is 6.01. The molecule has 1 aromatic heterocycles. The molecule has 0 aliphatic rings. The molecule has 0 atom stereocenters. The Balaban J connectivity index is 2.26. The average Bonchev–Trinajstić information content (AvgIpc) is 2.80. The summed E-state index contributed by atoms with van der Waals surface area (Å²) in [4.78, 5) is 21.8. The smallest absolute Gasteiger partial charge is 0.303 e. The van der Waals surface area contributed by atoms with Crippen LogP contribution in [0.2, 0.25) is 0 Å². The number of rotatable bonds is 8. The van der Waals surface area contributed by atoms with E-state index in [1.54, 1.807) is 6.33 Å². The van der Waals surface area contributed by atoms with Crippen LogP contribution in [0.3, 0.4) is 0 Å². The minimum atomic E-state index is -0.853. The average molecular weight is 286 g/mol. The minimum absolute atomic E-state index is 0.0646. The topological polar surface area (TPSA) is 97.1 Å². The molecule has 0 aliphatic heterocycles. The lowest BCUT2D eigenvalue weighted by Crippen LogP contribution is -2.26. The molecule has 0 spiro atoms. The van der Waals surface area contributed by atoms with E-state index < -0.39 is 5.97 Å². The van der Waals surface area contributed by atoms with E-state index in [2.05, 4.69) is 15.5 Å². The Hall–Kier alpha value is -1.57. The van der Waals surface area contributed by atoms with Gasteiger partial charge in [-0.25, -0.2) is 0 Å². The Kier molecular flexibility index (Phi) is 6.34. The van der Waals surface area contributed by atoms with Crippen LogP contribution in [0.4, 0.5) is 0 Å². The van der Waals surface area contributed by atoms with E-state index in [4.69, 9.17) is 5.11 Å². The lowest BCUT2D eigenvalue weighted by Gasteiger charge is -2.09. The van der Waals surface area contributed by atoms with Crippen LogP contribution in [-0.4, -0.2) is 44.0 Å². The first kappa shape index (κ1) is 15.5. The highest BCUT2D eigenvalue weighted by molar-refractivity contribution is 7.99. The predicted octanol–water partition coefficient (Wildman–Crippen LogP) is 0.932. The molecule has 0 radical (unpaired) electrons. The summed E-state index contributed by atoms with van der Waals surface area (Å²) in [7, 11) is 0. The molecule has 0 aliphatic carbocycles. The number of hydrogen-bond donors (Lipinski definition) is 2. The van der Waals surface area contributed by atoms with Gasteiger partial charge in [0.1, 0.15) is 6.33 Å². The summed E-state index contributed by atoms with van der Waals surface area (Å²) in [5.74, 6) is -0.735. The van der Waals surface area contributed by atoms with E-state index in [1.165, 1.54) is 11.8 Å². The highest BCUT2D eigenvalue weighted by Gasteiger charge is 2.10. The standard InChI is InChI=1S/C11H18N4O3S/c1-8(2)15-7-13-14-11(15)19-6-9(16)12-5-3-4-10(17)18/h7-8H,3-6H2,1-2H3,(H,12,16)(H,17,18). The zero-order valence-corrected chi connectivity index (χ0v) is 11.8. The molecule has 1 rings (SSSR count). The quantitative estimate of drug-likeness (QED) is 0.545. The second-order valence-electron chi connectivity index (χ2n) is 4.25. The maximum Gasteiger partial charge on any atom is 0.303 e. The van der Waals surface area contributed by atoms with Gasteiger partial charge in [0.05, 0.1) is 5.75 Å². The van der Waals surface area contributed by atoms with Crippen LogP contribution in [0.1, 0.15) is 32.7 Å². The van der Waals surface area contributed by atoms with Crippen LogP contribution < -0.4 is 5.32 Å². The highest BCUT2D eigenvalue weighted by atomic mass is 32.2.